The van der Waals surface area contributed by atoms with E-state index in [1.807, 2.05) is 6.07 Å². The van der Waals surface area contributed by atoms with Crippen LogP contribution in [-0.2, 0) is 0 Å². The first-order valence-corrected chi connectivity index (χ1v) is 8.05. The first-order valence-electron chi connectivity index (χ1n) is 8.05. The maximum absolute atomic E-state index is 12.5. The second kappa shape index (κ2) is 8.72. The molecule has 126 valence electrons. The van der Waals surface area contributed by atoms with Gasteiger partial charge in [-0.25, -0.2) is 0 Å². The van der Waals surface area contributed by atoms with Gasteiger partial charge in [0.1, 0.15) is 5.75 Å². The Hall–Kier alpha value is -2.82. The van der Waals surface area contributed by atoms with E-state index in [1.165, 1.54) is 0 Å². The third-order valence-corrected chi connectivity index (χ3v) is 3.56. The summed E-state index contributed by atoms with van der Waals surface area (Å²) in [5, 5.41) is 2.80. The fourth-order valence-corrected chi connectivity index (χ4v) is 2.23. The number of carbonyl (C=O) groups is 2. The molecule has 0 bridgehead atoms. The van der Waals surface area contributed by atoms with Crippen LogP contribution in [0.25, 0.3) is 0 Å². The van der Waals surface area contributed by atoms with Crippen molar-refractivity contribution in [3.63, 3.8) is 0 Å². The summed E-state index contributed by atoms with van der Waals surface area (Å²) in [5.41, 5.74) is 6.67. The lowest BCUT2D eigenvalue weighted by molar-refractivity contribution is 0.0997. The van der Waals surface area contributed by atoms with Crippen molar-refractivity contribution in [1.29, 1.82) is 0 Å². The molecule has 0 aliphatic rings. The monoisotopic (exact) mass is 326 g/mol. The summed E-state index contributed by atoms with van der Waals surface area (Å²) in [6, 6.07) is 13.6. The first-order chi connectivity index (χ1) is 11.6. The summed E-state index contributed by atoms with van der Waals surface area (Å²) in [4.78, 5) is 23.5. The standard InChI is InChI=1S/C19H22N2O3/c1-2-3-6-13-24-17-8-5-4-7-16(17)19(23)21-15-11-9-14(10-12-15)18(20)22/h4-5,7-12H,2-3,6,13H2,1H3,(H2,20,22)(H,21,23). The number of hydrogen-bond donors (Lipinski definition) is 2. The number of primary amides is 1. The molecule has 0 saturated carbocycles. The highest BCUT2D eigenvalue weighted by Gasteiger charge is 2.12. The number of nitrogens with two attached hydrogens (primary N) is 1. The van der Waals surface area contributed by atoms with Crippen molar-refractivity contribution in [3.8, 4) is 5.75 Å². The van der Waals surface area contributed by atoms with Crippen molar-refractivity contribution in [1.82, 2.24) is 0 Å². The van der Waals surface area contributed by atoms with Crippen LogP contribution in [0.2, 0.25) is 0 Å². The van der Waals surface area contributed by atoms with Crippen LogP contribution in [-0.4, -0.2) is 18.4 Å². The topological polar surface area (TPSA) is 81.4 Å². The fraction of sp³-hybridized carbons (Fsp3) is 0.263. The van der Waals surface area contributed by atoms with E-state index in [-0.39, 0.29) is 5.91 Å². The molecule has 2 rings (SSSR count). The van der Waals surface area contributed by atoms with Crippen molar-refractivity contribution in [2.75, 3.05) is 11.9 Å². The van der Waals surface area contributed by atoms with Crippen molar-refractivity contribution in [2.24, 2.45) is 5.73 Å². The number of benzene rings is 2. The number of carbonyl (C=O) groups excluding carboxylic acids is 2. The molecule has 2 aromatic rings. The largest absolute Gasteiger partial charge is 0.493 e. The van der Waals surface area contributed by atoms with Crippen molar-refractivity contribution in [3.05, 3.63) is 59.7 Å². The SMILES string of the molecule is CCCCCOc1ccccc1C(=O)Nc1ccc(C(N)=O)cc1. The summed E-state index contributed by atoms with van der Waals surface area (Å²) < 4.78 is 5.73. The molecule has 24 heavy (non-hydrogen) atoms. The van der Waals surface area contributed by atoms with Crippen molar-refractivity contribution in [2.45, 2.75) is 26.2 Å². The average molecular weight is 326 g/mol. The molecule has 0 fully saturated rings. The molecule has 5 nitrogen and oxygen atoms in total. The van der Waals surface area contributed by atoms with Gasteiger partial charge in [-0.1, -0.05) is 31.9 Å². The van der Waals surface area contributed by atoms with E-state index in [0.29, 0.717) is 29.2 Å². The zero-order chi connectivity index (χ0) is 17.4. The van der Waals surface area contributed by atoms with Gasteiger partial charge in [-0.3, -0.25) is 9.59 Å². The van der Waals surface area contributed by atoms with E-state index in [1.54, 1.807) is 42.5 Å². The molecule has 0 spiro atoms. The van der Waals surface area contributed by atoms with Gasteiger partial charge in [0.05, 0.1) is 12.2 Å². The summed E-state index contributed by atoms with van der Waals surface area (Å²) in [6.45, 7) is 2.72. The van der Waals surface area contributed by atoms with Crippen LogP contribution in [0.1, 0.15) is 46.9 Å². The minimum atomic E-state index is -0.501. The first kappa shape index (κ1) is 17.5. The zero-order valence-corrected chi connectivity index (χ0v) is 13.7. The lowest BCUT2D eigenvalue weighted by Gasteiger charge is -2.11. The van der Waals surface area contributed by atoms with Gasteiger partial charge < -0.3 is 15.8 Å². The van der Waals surface area contributed by atoms with Gasteiger partial charge in [0.25, 0.3) is 5.91 Å². The Kier molecular flexibility index (Phi) is 6.37. The molecule has 0 aromatic heterocycles. The quantitative estimate of drug-likeness (QED) is 0.727. The number of anilines is 1. The maximum atomic E-state index is 12.5. The molecular weight excluding hydrogens is 304 g/mol. The molecule has 0 heterocycles. The van der Waals surface area contributed by atoms with Gasteiger partial charge in [-0.05, 0) is 42.8 Å². The number of ether oxygens (including phenoxy) is 1. The molecule has 3 N–H and O–H groups in total. The minimum Gasteiger partial charge on any atom is -0.493 e. The van der Waals surface area contributed by atoms with Gasteiger partial charge in [0.15, 0.2) is 0 Å². The number of nitrogens with one attached hydrogen (secondary N) is 1. The molecule has 0 saturated heterocycles. The molecule has 2 amide bonds. The lowest BCUT2D eigenvalue weighted by atomic mass is 10.1. The predicted molar refractivity (Wildman–Crippen MR) is 94.4 cm³/mol. The van der Waals surface area contributed by atoms with Gasteiger partial charge in [0, 0.05) is 11.3 Å². The molecule has 5 heteroatoms. The van der Waals surface area contributed by atoms with Gasteiger partial charge in [-0.2, -0.15) is 0 Å². The van der Waals surface area contributed by atoms with Crippen LogP contribution >= 0.6 is 0 Å². The lowest BCUT2D eigenvalue weighted by Crippen LogP contribution is -2.14. The summed E-state index contributed by atoms with van der Waals surface area (Å²) in [5.74, 6) is -0.188. The Morgan fingerprint density at radius 3 is 2.42 bits per heavy atom. The Morgan fingerprint density at radius 1 is 1.04 bits per heavy atom. The zero-order valence-electron chi connectivity index (χ0n) is 13.7. The van der Waals surface area contributed by atoms with Gasteiger partial charge in [0.2, 0.25) is 5.91 Å². The van der Waals surface area contributed by atoms with E-state index < -0.39 is 5.91 Å². The van der Waals surface area contributed by atoms with E-state index in [9.17, 15) is 9.59 Å². The number of amides is 2. The number of para-hydroxylation sites is 1. The minimum absolute atomic E-state index is 0.257. The van der Waals surface area contributed by atoms with E-state index in [4.69, 9.17) is 10.5 Å². The van der Waals surface area contributed by atoms with Crippen LogP contribution in [0.15, 0.2) is 48.5 Å². The maximum Gasteiger partial charge on any atom is 0.259 e. The highest BCUT2D eigenvalue weighted by molar-refractivity contribution is 6.06. The number of unbranched alkanes of at least 4 members (excludes halogenated alkanes) is 2. The third kappa shape index (κ3) is 4.84. The summed E-state index contributed by atoms with van der Waals surface area (Å²) in [7, 11) is 0. The van der Waals surface area contributed by atoms with Crippen LogP contribution in [0.5, 0.6) is 5.75 Å². The van der Waals surface area contributed by atoms with E-state index in [2.05, 4.69) is 12.2 Å². The Balaban J connectivity index is 2.05. The van der Waals surface area contributed by atoms with Crippen molar-refractivity contribution >= 4 is 17.5 Å². The second-order valence-corrected chi connectivity index (χ2v) is 5.45. The van der Waals surface area contributed by atoms with Gasteiger partial charge >= 0.3 is 0 Å². The Morgan fingerprint density at radius 2 is 1.75 bits per heavy atom. The average Bonchev–Trinajstić information content (AvgIpc) is 2.59. The highest BCUT2D eigenvalue weighted by atomic mass is 16.5. The smallest absolute Gasteiger partial charge is 0.259 e. The fourth-order valence-electron chi connectivity index (χ4n) is 2.23. The Labute approximate surface area is 141 Å². The van der Waals surface area contributed by atoms with E-state index in [0.717, 1.165) is 19.3 Å². The molecular formula is C19H22N2O3. The molecule has 2 aromatic carbocycles. The number of hydrogen-bond acceptors (Lipinski definition) is 3. The predicted octanol–water partition coefficient (Wildman–Crippen LogP) is 3.61. The van der Waals surface area contributed by atoms with Crippen LogP contribution in [0.4, 0.5) is 5.69 Å². The van der Waals surface area contributed by atoms with Crippen molar-refractivity contribution < 1.29 is 14.3 Å². The van der Waals surface area contributed by atoms with Crippen LogP contribution in [0.3, 0.4) is 0 Å². The van der Waals surface area contributed by atoms with Crippen LogP contribution in [0, 0.1) is 0 Å². The number of rotatable bonds is 8. The second-order valence-electron chi connectivity index (χ2n) is 5.45. The normalized spacial score (nSPS) is 10.2. The van der Waals surface area contributed by atoms with Crippen LogP contribution < -0.4 is 15.8 Å². The third-order valence-electron chi connectivity index (χ3n) is 3.56. The summed E-state index contributed by atoms with van der Waals surface area (Å²) in [6.07, 6.45) is 3.17. The molecule has 0 aliphatic heterocycles. The molecule has 0 aliphatic carbocycles. The molecule has 0 radical (unpaired) electrons. The Bertz CT molecular complexity index is 696. The van der Waals surface area contributed by atoms with E-state index >= 15 is 0 Å². The summed E-state index contributed by atoms with van der Waals surface area (Å²) >= 11 is 0. The highest BCUT2D eigenvalue weighted by Crippen LogP contribution is 2.20. The molecule has 0 atom stereocenters. The molecule has 0 unspecified atom stereocenters. The van der Waals surface area contributed by atoms with Gasteiger partial charge in [-0.15, -0.1) is 0 Å².